The Hall–Kier alpha value is -1.04. The lowest BCUT2D eigenvalue weighted by Gasteiger charge is -2.02. The van der Waals surface area contributed by atoms with Crippen LogP contribution in [-0.4, -0.2) is 16.7 Å². The van der Waals surface area contributed by atoms with Crippen LogP contribution in [0.15, 0.2) is 33.9 Å². The van der Waals surface area contributed by atoms with Gasteiger partial charge in [-0.25, -0.2) is 0 Å². The first kappa shape index (κ1) is 13.0. The molecule has 1 atom stereocenters. The highest BCUT2D eigenvalue weighted by Gasteiger charge is 2.22. The predicted molar refractivity (Wildman–Crippen MR) is 75.3 cm³/mol. The van der Waals surface area contributed by atoms with Gasteiger partial charge in [-0.05, 0) is 37.1 Å². The van der Waals surface area contributed by atoms with Gasteiger partial charge in [0.25, 0.3) is 5.22 Å². The summed E-state index contributed by atoms with van der Waals surface area (Å²) < 4.78 is 5.66. The van der Waals surface area contributed by atoms with Gasteiger partial charge < -0.3 is 9.73 Å². The average molecular weight is 296 g/mol. The molecule has 0 spiro atoms. The third-order valence-corrected chi connectivity index (χ3v) is 4.16. The van der Waals surface area contributed by atoms with Gasteiger partial charge in [0, 0.05) is 10.8 Å². The van der Waals surface area contributed by atoms with E-state index in [2.05, 4.69) is 15.5 Å². The van der Waals surface area contributed by atoms with Crippen molar-refractivity contribution in [3.8, 4) is 0 Å². The van der Waals surface area contributed by atoms with Crippen molar-refractivity contribution in [1.29, 1.82) is 0 Å². The standard InChI is InChI=1S/C13H14ClN3OS/c14-10-4-1-3-9(7-10)8-19-13-17-16-12(18-13)11-5-2-6-15-11/h1,3-4,7,11,15H,2,5-6,8H2/t11-/m0/s1. The molecule has 1 fully saturated rings. The van der Waals surface area contributed by atoms with Crippen molar-refractivity contribution in [2.75, 3.05) is 6.54 Å². The smallest absolute Gasteiger partial charge is 0.276 e. The maximum absolute atomic E-state index is 5.95. The van der Waals surface area contributed by atoms with Gasteiger partial charge in [0.15, 0.2) is 0 Å². The average Bonchev–Trinajstić information content (AvgIpc) is 3.07. The number of aromatic nitrogens is 2. The second-order valence-corrected chi connectivity index (χ2v) is 5.84. The number of hydrogen-bond donors (Lipinski definition) is 1. The molecule has 1 aromatic carbocycles. The largest absolute Gasteiger partial charge is 0.414 e. The summed E-state index contributed by atoms with van der Waals surface area (Å²) >= 11 is 7.48. The van der Waals surface area contributed by atoms with Crippen LogP contribution < -0.4 is 5.32 Å². The van der Waals surface area contributed by atoms with Gasteiger partial charge >= 0.3 is 0 Å². The Kier molecular flexibility index (Phi) is 4.06. The summed E-state index contributed by atoms with van der Waals surface area (Å²) in [5, 5.41) is 12.9. The van der Waals surface area contributed by atoms with Crippen molar-refractivity contribution in [3.05, 3.63) is 40.7 Å². The molecular weight excluding hydrogens is 282 g/mol. The van der Waals surface area contributed by atoms with Crippen molar-refractivity contribution in [3.63, 3.8) is 0 Å². The van der Waals surface area contributed by atoms with Gasteiger partial charge in [-0.3, -0.25) is 0 Å². The highest BCUT2D eigenvalue weighted by Crippen LogP contribution is 2.27. The lowest BCUT2D eigenvalue weighted by Crippen LogP contribution is -2.12. The van der Waals surface area contributed by atoms with Gasteiger partial charge in [0.2, 0.25) is 5.89 Å². The molecule has 0 aliphatic carbocycles. The maximum Gasteiger partial charge on any atom is 0.276 e. The molecule has 2 aromatic rings. The van der Waals surface area contributed by atoms with Crippen LogP contribution in [0.3, 0.4) is 0 Å². The number of hydrogen-bond acceptors (Lipinski definition) is 5. The fraction of sp³-hybridized carbons (Fsp3) is 0.385. The Morgan fingerprint density at radius 3 is 3.16 bits per heavy atom. The van der Waals surface area contributed by atoms with Crippen LogP contribution in [0.2, 0.25) is 5.02 Å². The van der Waals surface area contributed by atoms with E-state index in [-0.39, 0.29) is 6.04 Å². The molecule has 4 nitrogen and oxygen atoms in total. The second-order valence-electron chi connectivity index (χ2n) is 4.47. The first-order valence-corrected chi connectivity index (χ1v) is 7.61. The molecule has 0 bridgehead atoms. The molecule has 1 saturated heterocycles. The zero-order valence-corrected chi connectivity index (χ0v) is 11.9. The van der Waals surface area contributed by atoms with Gasteiger partial charge in [-0.15, -0.1) is 10.2 Å². The summed E-state index contributed by atoms with van der Waals surface area (Å²) in [7, 11) is 0. The zero-order valence-electron chi connectivity index (χ0n) is 10.3. The number of benzene rings is 1. The summed E-state index contributed by atoms with van der Waals surface area (Å²) in [6, 6.07) is 8.03. The van der Waals surface area contributed by atoms with E-state index in [0.717, 1.165) is 35.7 Å². The molecule has 1 N–H and O–H groups in total. The molecule has 1 aromatic heterocycles. The summed E-state index contributed by atoms with van der Waals surface area (Å²) in [6.45, 7) is 1.03. The number of rotatable bonds is 4. The van der Waals surface area contributed by atoms with Crippen molar-refractivity contribution in [2.45, 2.75) is 29.9 Å². The van der Waals surface area contributed by atoms with Crippen LogP contribution >= 0.6 is 23.4 Å². The fourth-order valence-electron chi connectivity index (χ4n) is 2.09. The summed E-state index contributed by atoms with van der Waals surface area (Å²) in [6.07, 6.45) is 2.23. The van der Waals surface area contributed by atoms with Crippen LogP contribution in [0, 0.1) is 0 Å². The van der Waals surface area contributed by atoms with E-state index in [4.69, 9.17) is 16.0 Å². The molecule has 0 radical (unpaired) electrons. The summed E-state index contributed by atoms with van der Waals surface area (Å²) in [5.74, 6) is 1.48. The Morgan fingerprint density at radius 2 is 2.37 bits per heavy atom. The van der Waals surface area contributed by atoms with E-state index >= 15 is 0 Å². The SMILES string of the molecule is Clc1cccc(CSc2nnc([C@@H]3CCCN3)o2)c1. The zero-order chi connectivity index (χ0) is 13.1. The van der Waals surface area contributed by atoms with Crippen LogP contribution in [0.1, 0.15) is 30.3 Å². The maximum atomic E-state index is 5.95. The quantitative estimate of drug-likeness (QED) is 0.876. The monoisotopic (exact) mass is 295 g/mol. The highest BCUT2D eigenvalue weighted by atomic mass is 35.5. The predicted octanol–water partition coefficient (Wildman–Crippen LogP) is 3.44. The molecule has 1 aliphatic rings. The highest BCUT2D eigenvalue weighted by molar-refractivity contribution is 7.98. The third-order valence-electron chi connectivity index (χ3n) is 3.03. The van der Waals surface area contributed by atoms with E-state index < -0.39 is 0 Å². The van der Waals surface area contributed by atoms with E-state index in [1.165, 1.54) is 11.8 Å². The van der Waals surface area contributed by atoms with Gasteiger partial charge in [-0.2, -0.15) is 0 Å². The molecule has 19 heavy (non-hydrogen) atoms. The minimum Gasteiger partial charge on any atom is -0.414 e. The molecule has 2 heterocycles. The van der Waals surface area contributed by atoms with Crippen LogP contribution in [0.25, 0.3) is 0 Å². The molecule has 3 rings (SSSR count). The lowest BCUT2D eigenvalue weighted by molar-refractivity contribution is 0.374. The van der Waals surface area contributed by atoms with Crippen LogP contribution in [0.4, 0.5) is 0 Å². The second kappa shape index (κ2) is 5.94. The molecular formula is C13H14ClN3OS. The Bertz CT molecular complexity index is 554. The van der Waals surface area contributed by atoms with Gasteiger partial charge in [0.1, 0.15) is 0 Å². The normalized spacial score (nSPS) is 18.9. The lowest BCUT2D eigenvalue weighted by atomic mass is 10.2. The molecule has 1 aliphatic heterocycles. The first-order valence-electron chi connectivity index (χ1n) is 6.25. The summed E-state index contributed by atoms with van der Waals surface area (Å²) in [4.78, 5) is 0. The third kappa shape index (κ3) is 3.29. The summed E-state index contributed by atoms with van der Waals surface area (Å²) in [5.41, 5.74) is 1.15. The van der Waals surface area contributed by atoms with E-state index in [9.17, 15) is 0 Å². The number of nitrogens with zero attached hydrogens (tertiary/aromatic N) is 2. The molecule has 100 valence electrons. The first-order chi connectivity index (χ1) is 9.31. The van der Waals surface area contributed by atoms with Crippen molar-refractivity contribution < 1.29 is 4.42 Å². The number of halogens is 1. The van der Waals surface area contributed by atoms with E-state index in [1.807, 2.05) is 24.3 Å². The van der Waals surface area contributed by atoms with Crippen molar-refractivity contribution >= 4 is 23.4 Å². The van der Waals surface area contributed by atoms with Crippen LogP contribution in [0.5, 0.6) is 0 Å². The minimum atomic E-state index is 0.230. The fourth-order valence-corrected chi connectivity index (χ4v) is 3.01. The number of nitrogens with one attached hydrogen (secondary N) is 1. The topological polar surface area (TPSA) is 51.0 Å². The van der Waals surface area contributed by atoms with Gasteiger partial charge in [-0.1, -0.05) is 35.5 Å². The van der Waals surface area contributed by atoms with E-state index in [1.54, 1.807) is 0 Å². The Balaban J connectivity index is 1.61. The molecule has 6 heteroatoms. The Morgan fingerprint density at radius 1 is 1.42 bits per heavy atom. The Labute approximate surface area is 120 Å². The van der Waals surface area contributed by atoms with Gasteiger partial charge in [0.05, 0.1) is 6.04 Å². The molecule has 0 amide bonds. The molecule has 0 unspecified atom stereocenters. The minimum absolute atomic E-state index is 0.230. The number of thioether (sulfide) groups is 1. The van der Waals surface area contributed by atoms with Crippen LogP contribution in [-0.2, 0) is 5.75 Å². The molecule has 0 saturated carbocycles. The van der Waals surface area contributed by atoms with Crippen molar-refractivity contribution in [1.82, 2.24) is 15.5 Å². The van der Waals surface area contributed by atoms with E-state index in [0.29, 0.717) is 11.1 Å². The van der Waals surface area contributed by atoms with Crippen molar-refractivity contribution in [2.24, 2.45) is 0 Å².